The molecule has 0 aliphatic carbocycles. The van der Waals surface area contributed by atoms with Crippen molar-refractivity contribution in [3.05, 3.63) is 12.4 Å². The number of anilines is 1. The first-order chi connectivity index (χ1) is 10.2. The number of nitrogens with two attached hydrogens (primary N) is 1. The molecule has 23 heavy (non-hydrogen) atoms. The molecule has 0 saturated heterocycles. The van der Waals surface area contributed by atoms with Crippen molar-refractivity contribution in [1.29, 1.82) is 0 Å². The summed E-state index contributed by atoms with van der Waals surface area (Å²) < 4.78 is 6.29. The molecule has 0 radical (unpaired) electrons. The largest absolute Gasteiger partial charge is 0.383 e. The normalized spacial score (nSPS) is 12.2. The van der Waals surface area contributed by atoms with Crippen molar-refractivity contribution in [2.75, 3.05) is 25.6 Å². The number of halogens is 1. The van der Waals surface area contributed by atoms with Crippen LogP contribution >= 0.6 is 12.4 Å². The van der Waals surface area contributed by atoms with Gasteiger partial charge in [-0.25, -0.2) is 0 Å². The third kappa shape index (κ3) is 7.45. The third-order valence-corrected chi connectivity index (χ3v) is 3.05. The van der Waals surface area contributed by atoms with Gasteiger partial charge >= 0.3 is 0 Å². The Labute approximate surface area is 142 Å². The van der Waals surface area contributed by atoms with E-state index in [0.717, 1.165) is 0 Å². The molecule has 0 unspecified atom stereocenters. The SMILES string of the molecule is COCCNC(=O)Cn1cc(NC(=O)[C@@H](N)C(C)(C)C)cn1.Cl. The van der Waals surface area contributed by atoms with E-state index in [1.54, 1.807) is 13.3 Å². The summed E-state index contributed by atoms with van der Waals surface area (Å²) in [6.07, 6.45) is 3.07. The summed E-state index contributed by atoms with van der Waals surface area (Å²) in [5, 5.41) is 9.41. The maximum Gasteiger partial charge on any atom is 0.241 e. The number of ether oxygens (including phenoxy) is 1. The number of hydrogen-bond acceptors (Lipinski definition) is 5. The molecule has 4 N–H and O–H groups in total. The van der Waals surface area contributed by atoms with Crippen LogP contribution in [0.25, 0.3) is 0 Å². The van der Waals surface area contributed by atoms with Crippen molar-refractivity contribution in [3.8, 4) is 0 Å². The van der Waals surface area contributed by atoms with E-state index in [1.807, 2.05) is 20.8 Å². The van der Waals surface area contributed by atoms with Gasteiger partial charge in [0.1, 0.15) is 6.54 Å². The van der Waals surface area contributed by atoms with E-state index in [-0.39, 0.29) is 36.2 Å². The van der Waals surface area contributed by atoms with E-state index in [9.17, 15) is 9.59 Å². The lowest BCUT2D eigenvalue weighted by Gasteiger charge is -2.25. The molecule has 0 spiro atoms. The van der Waals surface area contributed by atoms with E-state index in [2.05, 4.69) is 15.7 Å². The molecular weight excluding hydrogens is 322 g/mol. The zero-order valence-corrected chi connectivity index (χ0v) is 14.8. The van der Waals surface area contributed by atoms with E-state index >= 15 is 0 Å². The zero-order chi connectivity index (χ0) is 16.8. The Morgan fingerprint density at radius 2 is 2.09 bits per heavy atom. The number of hydrogen-bond donors (Lipinski definition) is 3. The molecule has 132 valence electrons. The summed E-state index contributed by atoms with van der Waals surface area (Å²) in [5.41, 5.74) is 6.06. The van der Waals surface area contributed by atoms with Crippen molar-refractivity contribution in [2.45, 2.75) is 33.4 Å². The van der Waals surface area contributed by atoms with Crippen LogP contribution in [0.15, 0.2) is 12.4 Å². The summed E-state index contributed by atoms with van der Waals surface area (Å²) in [5.74, 6) is -0.457. The molecule has 0 aliphatic heterocycles. The fourth-order valence-corrected chi connectivity index (χ4v) is 1.62. The fourth-order valence-electron chi connectivity index (χ4n) is 1.62. The zero-order valence-electron chi connectivity index (χ0n) is 14.0. The van der Waals surface area contributed by atoms with Crippen molar-refractivity contribution in [2.24, 2.45) is 11.1 Å². The number of carbonyl (C=O) groups is 2. The molecule has 0 saturated carbocycles. The molecule has 0 aromatic carbocycles. The van der Waals surface area contributed by atoms with E-state index in [1.165, 1.54) is 10.9 Å². The number of aromatic nitrogens is 2. The molecule has 1 heterocycles. The van der Waals surface area contributed by atoms with Crippen LogP contribution in [0.1, 0.15) is 20.8 Å². The van der Waals surface area contributed by atoms with Gasteiger partial charge in [-0.3, -0.25) is 14.3 Å². The maximum absolute atomic E-state index is 12.0. The number of carbonyl (C=O) groups excluding carboxylic acids is 2. The van der Waals surface area contributed by atoms with Crippen LogP contribution in [-0.2, 0) is 20.9 Å². The summed E-state index contributed by atoms with van der Waals surface area (Å²) in [6.45, 7) is 6.66. The highest BCUT2D eigenvalue weighted by molar-refractivity contribution is 5.95. The smallest absolute Gasteiger partial charge is 0.241 e. The summed E-state index contributed by atoms with van der Waals surface area (Å²) >= 11 is 0. The summed E-state index contributed by atoms with van der Waals surface area (Å²) in [6, 6.07) is -0.631. The van der Waals surface area contributed by atoms with Crippen LogP contribution < -0.4 is 16.4 Å². The van der Waals surface area contributed by atoms with Crippen molar-refractivity contribution in [1.82, 2.24) is 15.1 Å². The Morgan fingerprint density at radius 3 is 2.65 bits per heavy atom. The van der Waals surface area contributed by atoms with Crippen molar-refractivity contribution in [3.63, 3.8) is 0 Å². The Kier molecular flexibility index (Phi) is 8.81. The Bertz CT molecular complexity index is 513. The average molecular weight is 348 g/mol. The molecule has 1 aromatic heterocycles. The standard InChI is InChI=1S/C14H25N5O3.ClH/c1-14(2,3)12(15)13(21)18-10-7-17-19(8-10)9-11(20)16-5-6-22-4;/h7-8,12H,5-6,9,15H2,1-4H3,(H,16,20)(H,18,21);1H/t12-;/m1./s1. The van der Waals surface area contributed by atoms with Gasteiger partial charge in [-0.2, -0.15) is 5.10 Å². The number of methoxy groups -OCH3 is 1. The quantitative estimate of drug-likeness (QED) is 0.617. The molecule has 1 rings (SSSR count). The second kappa shape index (κ2) is 9.49. The first kappa shape index (κ1) is 21.4. The topological polar surface area (TPSA) is 111 Å². The first-order valence-electron chi connectivity index (χ1n) is 7.08. The van der Waals surface area contributed by atoms with Crippen LogP contribution in [0.2, 0.25) is 0 Å². The molecule has 2 amide bonds. The van der Waals surface area contributed by atoms with Gasteiger partial charge in [0.05, 0.1) is 24.5 Å². The first-order valence-corrected chi connectivity index (χ1v) is 7.08. The minimum atomic E-state index is -0.631. The summed E-state index contributed by atoms with van der Waals surface area (Å²) in [7, 11) is 1.57. The Hall–Kier alpha value is -1.64. The second-order valence-corrected chi connectivity index (χ2v) is 6.10. The minimum absolute atomic E-state index is 0. The van der Waals surface area contributed by atoms with Crippen LogP contribution in [0, 0.1) is 5.41 Å². The van der Waals surface area contributed by atoms with Crippen LogP contribution in [0.3, 0.4) is 0 Å². The fraction of sp³-hybridized carbons (Fsp3) is 0.643. The van der Waals surface area contributed by atoms with Gasteiger partial charge in [-0.05, 0) is 5.41 Å². The molecular formula is C14H26ClN5O3. The molecule has 1 aromatic rings. The van der Waals surface area contributed by atoms with Gasteiger partial charge < -0.3 is 21.1 Å². The van der Waals surface area contributed by atoms with E-state index in [0.29, 0.717) is 18.8 Å². The van der Waals surface area contributed by atoms with Crippen molar-refractivity contribution < 1.29 is 14.3 Å². The van der Waals surface area contributed by atoms with Gasteiger partial charge in [-0.15, -0.1) is 12.4 Å². The predicted molar refractivity (Wildman–Crippen MR) is 90.4 cm³/mol. The third-order valence-electron chi connectivity index (χ3n) is 3.05. The van der Waals surface area contributed by atoms with E-state index in [4.69, 9.17) is 10.5 Å². The average Bonchev–Trinajstić information content (AvgIpc) is 2.84. The monoisotopic (exact) mass is 347 g/mol. The number of nitrogens with zero attached hydrogens (tertiary/aromatic N) is 2. The number of amides is 2. The highest BCUT2D eigenvalue weighted by Crippen LogP contribution is 2.18. The molecule has 1 atom stereocenters. The molecule has 0 fully saturated rings. The minimum Gasteiger partial charge on any atom is -0.383 e. The highest BCUT2D eigenvalue weighted by Gasteiger charge is 2.27. The molecule has 9 heteroatoms. The molecule has 8 nitrogen and oxygen atoms in total. The molecule has 0 bridgehead atoms. The lowest BCUT2D eigenvalue weighted by Crippen LogP contribution is -2.45. The van der Waals surface area contributed by atoms with Crippen LogP contribution in [0.4, 0.5) is 5.69 Å². The van der Waals surface area contributed by atoms with Gasteiger partial charge in [0, 0.05) is 19.9 Å². The maximum atomic E-state index is 12.0. The number of nitrogens with one attached hydrogen (secondary N) is 2. The number of rotatable bonds is 7. The Morgan fingerprint density at radius 1 is 1.43 bits per heavy atom. The van der Waals surface area contributed by atoms with Gasteiger partial charge in [0.15, 0.2) is 0 Å². The Balaban J connectivity index is 0.00000484. The van der Waals surface area contributed by atoms with E-state index < -0.39 is 6.04 Å². The van der Waals surface area contributed by atoms with Gasteiger partial charge in [-0.1, -0.05) is 20.8 Å². The van der Waals surface area contributed by atoms with Gasteiger partial charge in [0.2, 0.25) is 11.8 Å². The van der Waals surface area contributed by atoms with Gasteiger partial charge in [0.25, 0.3) is 0 Å². The lowest BCUT2D eigenvalue weighted by atomic mass is 9.87. The van der Waals surface area contributed by atoms with Crippen molar-refractivity contribution >= 4 is 29.9 Å². The van der Waals surface area contributed by atoms with Crippen LogP contribution in [-0.4, -0.2) is 47.9 Å². The highest BCUT2D eigenvalue weighted by atomic mass is 35.5. The lowest BCUT2D eigenvalue weighted by molar-refractivity contribution is -0.122. The second-order valence-electron chi connectivity index (χ2n) is 6.10. The predicted octanol–water partition coefficient (Wildman–Crippen LogP) is 0.379. The van der Waals surface area contributed by atoms with Crippen LogP contribution in [0.5, 0.6) is 0 Å². The summed E-state index contributed by atoms with van der Waals surface area (Å²) in [4.78, 5) is 23.6. The molecule has 0 aliphatic rings.